The standard InChI is InChI=1S/C21H19Br2NO2/c1-25-21-11-16(17-9-18(12-22)24-19(10-17)13-23)7-8-20(21)26-14-15-5-3-2-4-6-15/h2-11H,12-14H2,1H3. The molecule has 3 nitrogen and oxygen atoms in total. The third-order valence-electron chi connectivity index (χ3n) is 3.94. The predicted octanol–water partition coefficient (Wildman–Crippen LogP) is 6.13. The molecule has 5 heteroatoms. The number of benzene rings is 2. The molecule has 0 aliphatic carbocycles. The van der Waals surface area contributed by atoms with Gasteiger partial charge in [-0.15, -0.1) is 0 Å². The Hall–Kier alpha value is -1.85. The summed E-state index contributed by atoms with van der Waals surface area (Å²) in [5.41, 5.74) is 5.30. The minimum absolute atomic E-state index is 0.507. The highest BCUT2D eigenvalue weighted by atomic mass is 79.9. The molecule has 0 saturated heterocycles. The smallest absolute Gasteiger partial charge is 0.161 e. The largest absolute Gasteiger partial charge is 0.493 e. The fraction of sp³-hybridized carbons (Fsp3) is 0.190. The van der Waals surface area contributed by atoms with E-state index in [0.717, 1.165) is 50.2 Å². The van der Waals surface area contributed by atoms with Crippen molar-refractivity contribution >= 4 is 31.9 Å². The zero-order valence-corrected chi connectivity index (χ0v) is 17.6. The molecule has 0 radical (unpaired) electrons. The number of alkyl halides is 2. The van der Waals surface area contributed by atoms with Crippen molar-refractivity contribution in [2.45, 2.75) is 17.3 Å². The van der Waals surface area contributed by atoms with Gasteiger partial charge in [-0.2, -0.15) is 0 Å². The number of aromatic nitrogens is 1. The molecule has 26 heavy (non-hydrogen) atoms. The van der Waals surface area contributed by atoms with Crippen LogP contribution in [0.15, 0.2) is 60.7 Å². The van der Waals surface area contributed by atoms with Crippen LogP contribution in [0.25, 0.3) is 11.1 Å². The summed E-state index contributed by atoms with van der Waals surface area (Å²) >= 11 is 6.98. The van der Waals surface area contributed by atoms with Gasteiger partial charge in [-0.3, -0.25) is 4.98 Å². The van der Waals surface area contributed by atoms with E-state index in [1.807, 2.05) is 48.5 Å². The first-order chi connectivity index (χ1) is 12.7. The van der Waals surface area contributed by atoms with Crippen molar-refractivity contribution in [2.24, 2.45) is 0 Å². The number of ether oxygens (including phenoxy) is 2. The Morgan fingerprint density at radius 1 is 0.808 bits per heavy atom. The molecule has 0 N–H and O–H groups in total. The zero-order valence-electron chi connectivity index (χ0n) is 14.4. The number of methoxy groups -OCH3 is 1. The number of hydrogen-bond acceptors (Lipinski definition) is 3. The van der Waals surface area contributed by atoms with Crippen molar-refractivity contribution in [3.8, 4) is 22.6 Å². The molecule has 3 rings (SSSR count). The Balaban J connectivity index is 1.86. The minimum Gasteiger partial charge on any atom is -0.493 e. The molecule has 1 heterocycles. The molecule has 1 aromatic heterocycles. The first kappa shape index (κ1) is 18.9. The summed E-state index contributed by atoms with van der Waals surface area (Å²) in [7, 11) is 1.66. The molecule has 0 spiro atoms. The van der Waals surface area contributed by atoms with Gasteiger partial charge in [0.1, 0.15) is 6.61 Å². The highest BCUT2D eigenvalue weighted by Crippen LogP contribution is 2.33. The van der Waals surface area contributed by atoms with Gasteiger partial charge in [-0.1, -0.05) is 68.3 Å². The summed E-state index contributed by atoms with van der Waals surface area (Å²) in [6, 6.07) is 20.3. The second kappa shape index (κ2) is 9.19. The maximum atomic E-state index is 5.94. The van der Waals surface area contributed by atoms with E-state index in [0.29, 0.717) is 6.61 Å². The van der Waals surface area contributed by atoms with Crippen LogP contribution in [0.2, 0.25) is 0 Å². The van der Waals surface area contributed by atoms with E-state index in [2.05, 4.69) is 49.0 Å². The van der Waals surface area contributed by atoms with Crippen LogP contribution in [0, 0.1) is 0 Å². The Labute approximate surface area is 170 Å². The van der Waals surface area contributed by atoms with Crippen LogP contribution in [0.5, 0.6) is 11.5 Å². The number of pyridine rings is 1. The number of rotatable bonds is 7. The zero-order chi connectivity index (χ0) is 18.4. The lowest BCUT2D eigenvalue weighted by Crippen LogP contribution is -1.98. The highest BCUT2D eigenvalue weighted by molar-refractivity contribution is 9.08. The van der Waals surface area contributed by atoms with E-state index in [-0.39, 0.29) is 0 Å². The van der Waals surface area contributed by atoms with Crippen LogP contribution in [0.4, 0.5) is 0 Å². The van der Waals surface area contributed by atoms with Gasteiger partial charge >= 0.3 is 0 Å². The minimum atomic E-state index is 0.507. The van der Waals surface area contributed by atoms with Crippen molar-refractivity contribution in [3.05, 3.63) is 77.6 Å². The number of hydrogen-bond donors (Lipinski definition) is 0. The quantitative estimate of drug-likeness (QED) is 0.384. The van der Waals surface area contributed by atoms with Crippen molar-refractivity contribution in [3.63, 3.8) is 0 Å². The van der Waals surface area contributed by atoms with Gasteiger partial charge < -0.3 is 9.47 Å². The summed E-state index contributed by atoms with van der Waals surface area (Å²) in [5, 5.41) is 1.44. The normalized spacial score (nSPS) is 10.6. The molecule has 2 aromatic carbocycles. The van der Waals surface area contributed by atoms with Crippen molar-refractivity contribution in [1.82, 2.24) is 4.98 Å². The van der Waals surface area contributed by atoms with Crippen molar-refractivity contribution < 1.29 is 9.47 Å². The highest BCUT2D eigenvalue weighted by Gasteiger charge is 2.10. The second-order valence-corrected chi connectivity index (χ2v) is 6.87. The molecule has 3 aromatic rings. The first-order valence-corrected chi connectivity index (χ1v) is 10.4. The molecular formula is C21H19Br2NO2. The average Bonchev–Trinajstić information content (AvgIpc) is 2.72. The van der Waals surface area contributed by atoms with E-state index in [9.17, 15) is 0 Å². The van der Waals surface area contributed by atoms with E-state index in [4.69, 9.17) is 9.47 Å². The predicted molar refractivity (Wildman–Crippen MR) is 112 cm³/mol. The molecule has 0 aliphatic rings. The summed E-state index contributed by atoms with van der Waals surface area (Å²) in [4.78, 5) is 4.57. The average molecular weight is 477 g/mol. The lowest BCUT2D eigenvalue weighted by atomic mass is 10.0. The Kier molecular flexibility index (Phi) is 6.69. The van der Waals surface area contributed by atoms with Crippen LogP contribution >= 0.6 is 31.9 Å². The van der Waals surface area contributed by atoms with Gasteiger partial charge in [0.15, 0.2) is 11.5 Å². The van der Waals surface area contributed by atoms with Gasteiger partial charge in [0.2, 0.25) is 0 Å². The molecule has 134 valence electrons. The molecule has 0 atom stereocenters. The van der Waals surface area contributed by atoms with Crippen molar-refractivity contribution in [2.75, 3.05) is 7.11 Å². The second-order valence-electron chi connectivity index (χ2n) is 5.75. The molecule has 0 bridgehead atoms. The lowest BCUT2D eigenvalue weighted by molar-refractivity contribution is 0.284. The van der Waals surface area contributed by atoms with E-state index in [1.54, 1.807) is 7.11 Å². The monoisotopic (exact) mass is 475 g/mol. The van der Waals surface area contributed by atoms with Crippen LogP contribution in [-0.4, -0.2) is 12.1 Å². The Bertz CT molecular complexity index is 847. The van der Waals surface area contributed by atoms with Gasteiger partial charge in [0.05, 0.1) is 18.5 Å². The number of nitrogens with zero attached hydrogens (tertiary/aromatic N) is 1. The Morgan fingerprint density at radius 2 is 1.50 bits per heavy atom. The van der Waals surface area contributed by atoms with E-state index >= 15 is 0 Å². The van der Waals surface area contributed by atoms with Crippen molar-refractivity contribution in [1.29, 1.82) is 0 Å². The maximum Gasteiger partial charge on any atom is 0.161 e. The SMILES string of the molecule is COc1cc(-c2cc(CBr)nc(CBr)c2)ccc1OCc1ccccc1. The molecular weight excluding hydrogens is 458 g/mol. The van der Waals surface area contributed by atoms with Crippen LogP contribution in [0.1, 0.15) is 17.0 Å². The van der Waals surface area contributed by atoms with Crippen LogP contribution < -0.4 is 9.47 Å². The summed E-state index contributed by atoms with van der Waals surface area (Å²) in [6.45, 7) is 0.507. The molecule has 0 saturated carbocycles. The molecule has 0 amide bonds. The Morgan fingerprint density at radius 3 is 2.12 bits per heavy atom. The summed E-state index contributed by atoms with van der Waals surface area (Å²) in [5.74, 6) is 1.45. The van der Waals surface area contributed by atoms with Gasteiger partial charge in [-0.25, -0.2) is 0 Å². The fourth-order valence-corrected chi connectivity index (χ4v) is 3.23. The third kappa shape index (κ3) is 4.65. The molecule has 0 fully saturated rings. The van der Waals surface area contributed by atoms with E-state index in [1.165, 1.54) is 0 Å². The fourth-order valence-electron chi connectivity index (χ4n) is 2.65. The van der Waals surface area contributed by atoms with Gasteiger partial charge in [-0.05, 0) is 41.0 Å². The maximum absolute atomic E-state index is 5.94. The van der Waals surface area contributed by atoms with Crippen LogP contribution in [0.3, 0.4) is 0 Å². The molecule has 0 aliphatic heterocycles. The lowest BCUT2D eigenvalue weighted by Gasteiger charge is -2.13. The third-order valence-corrected chi connectivity index (χ3v) is 5.09. The van der Waals surface area contributed by atoms with Crippen LogP contribution in [-0.2, 0) is 17.3 Å². The van der Waals surface area contributed by atoms with Gasteiger partial charge in [0, 0.05) is 10.7 Å². The van der Waals surface area contributed by atoms with E-state index < -0.39 is 0 Å². The summed E-state index contributed by atoms with van der Waals surface area (Å²) < 4.78 is 11.5. The molecule has 0 unspecified atom stereocenters. The number of halogens is 2. The summed E-state index contributed by atoms with van der Waals surface area (Å²) in [6.07, 6.45) is 0. The topological polar surface area (TPSA) is 31.4 Å². The van der Waals surface area contributed by atoms with Gasteiger partial charge in [0.25, 0.3) is 0 Å². The first-order valence-electron chi connectivity index (χ1n) is 8.20.